The van der Waals surface area contributed by atoms with Crippen molar-refractivity contribution in [2.24, 2.45) is 0 Å². The molecule has 8 nitrogen and oxygen atoms in total. The van der Waals surface area contributed by atoms with E-state index >= 15 is 0 Å². The Balaban J connectivity index is 1.65. The number of hydrogen-bond donors (Lipinski definition) is 0. The smallest absolute Gasteiger partial charge is 0.307 e. The van der Waals surface area contributed by atoms with E-state index in [-0.39, 0.29) is 69.3 Å². The lowest BCUT2D eigenvalue weighted by atomic mass is 10.0. The van der Waals surface area contributed by atoms with Gasteiger partial charge in [-0.05, 0) is 68.6 Å². The van der Waals surface area contributed by atoms with Crippen molar-refractivity contribution in [2.75, 3.05) is 13.2 Å². The van der Waals surface area contributed by atoms with E-state index < -0.39 is 18.0 Å². The van der Waals surface area contributed by atoms with Gasteiger partial charge < -0.3 is 23.7 Å². The monoisotopic (exact) mass is 941 g/mol. The van der Waals surface area contributed by atoms with Gasteiger partial charge in [-0.3, -0.25) is 14.4 Å². The minimum absolute atomic E-state index is 0.0292. The Morgan fingerprint density at radius 1 is 0.471 bits per heavy atom. The van der Waals surface area contributed by atoms with E-state index in [1.165, 1.54) is 148 Å². The molecule has 2 saturated heterocycles. The summed E-state index contributed by atoms with van der Waals surface area (Å²) in [6, 6.07) is 0. The normalized spacial score (nSPS) is 16.8. The van der Waals surface area contributed by atoms with Crippen LogP contribution in [0.5, 0.6) is 0 Å². The maximum absolute atomic E-state index is 12.8. The molecule has 0 bridgehead atoms. The molecule has 2 aliphatic heterocycles. The predicted molar refractivity (Wildman–Crippen MR) is 277 cm³/mol. The van der Waals surface area contributed by atoms with Gasteiger partial charge in [0.1, 0.15) is 25.4 Å². The van der Waals surface area contributed by atoms with Crippen molar-refractivity contribution in [1.82, 2.24) is 0 Å². The summed E-state index contributed by atoms with van der Waals surface area (Å²) >= 11 is 0. The topological polar surface area (TPSA) is 104 Å². The maximum Gasteiger partial charge on any atom is 0.307 e. The molecule has 2 aliphatic rings. The van der Waals surface area contributed by atoms with Crippen LogP contribution in [0, 0.1) is 47.4 Å². The highest BCUT2D eigenvalue weighted by Gasteiger charge is 2.37. The molecule has 0 radical (unpaired) electrons. The number of esters is 3. The summed E-state index contributed by atoms with van der Waals surface area (Å²) in [5.74, 6) is 21.8. The summed E-state index contributed by atoms with van der Waals surface area (Å²) in [7, 11) is 0. The zero-order chi connectivity index (χ0) is 48.8. The van der Waals surface area contributed by atoms with E-state index in [2.05, 4.69) is 67.4 Å². The second-order valence-corrected chi connectivity index (χ2v) is 18.8. The molecular formula is C60H92O8. The minimum Gasteiger partial charge on any atom is -0.462 e. The van der Waals surface area contributed by atoms with Gasteiger partial charge in [0.15, 0.2) is 6.10 Å². The number of carbonyl (C=O) groups excluding carboxylic acids is 3. The Bertz CT molecular complexity index is 1600. The second kappa shape index (κ2) is 44.3. The summed E-state index contributed by atoms with van der Waals surface area (Å²) in [6.45, 7) is 9.40. The molecule has 0 aromatic heterocycles. The number of ether oxygens (including phenoxy) is 5. The van der Waals surface area contributed by atoms with Crippen LogP contribution in [0.4, 0.5) is 0 Å². The lowest BCUT2D eigenvalue weighted by Crippen LogP contribution is -2.30. The standard InChI is InChI=1S/C60H92O8/c1-4-7-10-13-16-17-18-19-20-21-22-23-24-25-26-29-32-41-48-58(61)64-51-53(66-60(63)50-43-36-34-40-47-57-55(68-57)45-38-31-28-15-12-9-6-3)52-65-59(62)49-42-35-33-39-46-56-54(67-56)44-37-30-27-14-11-8-5-2/h5-6,53-57H,2-4,7-32,37-38,41-45,48-52H2,1H3/t53?,54-,55-,56-,57-/m0/s1. The van der Waals surface area contributed by atoms with Crippen molar-refractivity contribution in [2.45, 2.75) is 275 Å². The quantitative estimate of drug-likeness (QED) is 0.0149. The minimum atomic E-state index is -0.930. The van der Waals surface area contributed by atoms with Crippen molar-refractivity contribution < 1.29 is 38.1 Å². The molecule has 5 atom stereocenters. The molecule has 0 aromatic carbocycles. The molecule has 0 aromatic rings. The van der Waals surface area contributed by atoms with Gasteiger partial charge in [0.05, 0.1) is 25.0 Å². The molecule has 1 unspecified atom stereocenters. The van der Waals surface area contributed by atoms with Gasteiger partial charge >= 0.3 is 17.9 Å². The number of carbonyl (C=O) groups is 3. The molecule has 0 aliphatic carbocycles. The first-order chi connectivity index (χ1) is 33.5. The molecular weight excluding hydrogens is 849 g/mol. The Morgan fingerprint density at radius 2 is 0.838 bits per heavy atom. The van der Waals surface area contributed by atoms with Crippen molar-refractivity contribution in [1.29, 1.82) is 0 Å². The van der Waals surface area contributed by atoms with Crippen LogP contribution in [-0.4, -0.2) is 61.6 Å². The zero-order valence-electron chi connectivity index (χ0n) is 42.8. The molecule has 0 saturated carbocycles. The number of rotatable bonds is 44. The Labute approximate surface area is 415 Å². The molecule has 2 rings (SSSR count). The van der Waals surface area contributed by atoms with Crippen LogP contribution in [0.2, 0.25) is 0 Å². The average Bonchev–Trinajstić information content (AvgIpc) is 4.28. The molecule has 8 heteroatoms. The summed E-state index contributed by atoms with van der Waals surface area (Å²) in [5, 5.41) is 0. The van der Waals surface area contributed by atoms with Crippen molar-refractivity contribution in [3.63, 3.8) is 0 Å². The molecule has 0 N–H and O–H groups in total. The van der Waals surface area contributed by atoms with Gasteiger partial charge in [-0.2, -0.15) is 0 Å². The lowest BCUT2D eigenvalue weighted by Gasteiger charge is -2.18. The van der Waals surface area contributed by atoms with Crippen LogP contribution in [0.15, 0.2) is 25.3 Å². The largest absolute Gasteiger partial charge is 0.462 e. The van der Waals surface area contributed by atoms with Gasteiger partial charge in [0, 0.05) is 19.3 Å². The highest BCUT2D eigenvalue weighted by atomic mass is 16.6. The van der Waals surface area contributed by atoms with Crippen LogP contribution in [0.25, 0.3) is 0 Å². The molecule has 0 spiro atoms. The van der Waals surface area contributed by atoms with Crippen LogP contribution >= 0.6 is 0 Å². The fourth-order valence-corrected chi connectivity index (χ4v) is 8.11. The maximum atomic E-state index is 12.8. The van der Waals surface area contributed by atoms with Gasteiger partial charge in [0.25, 0.3) is 0 Å². The third-order valence-corrected chi connectivity index (χ3v) is 12.5. The zero-order valence-corrected chi connectivity index (χ0v) is 42.8. The van der Waals surface area contributed by atoms with E-state index in [0.717, 1.165) is 57.8 Å². The second-order valence-electron chi connectivity index (χ2n) is 18.8. The molecule has 2 fully saturated rings. The van der Waals surface area contributed by atoms with Crippen LogP contribution < -0.4 is 0 Å². The number of unbranched alkanes of at least 4 members (excludes halogenated alkanes) is 27. The van der Waals surface area contributed by atoms with E-state index in [4.69, 9.17) is 23.7 Å². The number of allylic oxidation sites excluding steroid dienone is 2. The Hall–Kier alpha value is -3.95. The Kier molecular flexibility index (Phi) is 39.2. The summed E-state index contributed by atoms with van der Waals surface area (Å²) in [5.41, 5.74) is 0. The summed E-state index contributed by atoms with van der Waals surface area (Å²) in [4.78, 5) is 38.0. The van der Waals surface area contributed by atoms with Crippen LogP contribution in [-0.2, 0) is 38.1 Å². The molecule has 380 valence electrons. The fraction of sp³-hybridized carbons (Fsp3) is 0.750. The van der Waals surface area contributed by atoms with Gasteiger partial charge in [-0.1, -0.05) is 203 Å². The van der Waals surface area contributed by atoms with E-state index in [9.17, 15) is 14.4 Å². The Morgan fingerprint density at radius 3 is 1.26 bits per heavy atom. The van der Waals surface area contributed by atoms with Crippen LogP contribution in [0.1, 0.15) is 244 Å². The van der Waals surface area contributed by atoms with Gasteiger partial charge in [-0.15, -0.1) is 13.2 Å². The SMILES string of the molecule is C=CCCCCCCC[C@@H]1O[C@H]1C#CC#CCCC(=O)OCC(COC(=O)CCCCCCCCCCCCCCCCCCCC)OC(=O)CCC#CC#C[C@@H]1O[C@H]1CCCCCCCC=C. The third-order valence-electron chi connectivity index (χ3n) is 12.5. The van der Waals surface area contributed by atoms with Crippen molar-refractivity contribution in [3.8, 4) is 47.4 Å². The van der Waals surface area contributed by atoms with Gasteiger partial charge in [0.2, 0.25) is 0 Å². The number of epoxide rings is 2. The average molecular weight is 941 g/mol. The first-order valence-corrected chi connectivity index (χ1v) is 27.5. The van der Waals surface area contributed by atoms with E-state index in [1.54, 1.807) is 0 Å². The third kappa shape index (κ3) is 38.0. The highest BCUT2D eigenvalue weighted by molar-refractivity contribution is 5.71. The van der Waals surface area contributed by atoms with E-state index in [1.807, 2.05) is 12.2 Å². The highest BCUT2D eigenvalue weighted by Crippen LogP contribution is 2.28. The van der Waals surface area contributed by atoms with Crippen LogP contribution in [0.3, 0.4) is 0 Å². The van der Waals surface area contributed by atoms with Crippen molar-refractivity contribution >= 4 is 17.9 Å². The number of hydrogen-bond acceptors (Lipinski definition) is 8. The van der Waals surface area contributed by atoms with E-state index in [0.29, 0.717) is 6.42 Å². The predicted octanol–water partition coefficient (Wildman–Crippen LogP) is 14.4. The first-order valence-electron chi connectivity index (χ1n) is 27.5. The molecule has 0 amide bonds. The van der Waals surface area contributed by atoms with Gasteiger partial charge in [-0.25, -0.2) is 0 Å². The first kappa shape index (κ1) is 60.2. The summed E-state index contributed by atoms with van der Waals surface area (Å²) in [6.07, 6.45) is 43.6. The fourth-order valence-electron chi connectivity index (χ4n) is 8.11. The summed E-state index contributed by atoms with van der Waals surface area (Å²) < 4.78 is 27.8. The van der Waals surface area contributed by atoms with Crippen molar-refractivity contribution in [3.05, 3.63) is 25.3 Å². The molecule has 2 heterocycles. The molecule has 68 heavy (non-hydrogen) atoms. The lowest BCUT2D eigenvalue weighted by molar-refractivity contribution is -0.166.